The van der Waals surface area contributed by atoms with Gasteiger partial charge in [-0.1, -0.05) is 12.2 Å². The Morgan fingerprint density at radius 3 is 2.16 bits per heavy atom. The Kier molecular flexibility index (Phi) is 8.88. The Hall–Kier alpha value is -1.35. The number of nitrogens with zero attached hydrogens (tertiary/aromatic N) is 1. The minimum absolute atomic E-state index is 0. The number of ether oxygens (including phenoxy) is 1. The number of hydrogen-bond acceptors (Lipinski definition) is 3. The van der Waals surface area contributed by atoms with E-state index in [-0.39, 0.29) is 23.0 Å². The largest absolute Gasteiger partial charge is 0.481 e. The Balaban J connectivity index is 0.000000324. The minimum Gasteiger partial charge on any atom is -0.481 e. The summed E-state index contributed by atoms with van der Waals surface area (Å²) < 4.78 is 4.57. The van der Waals surface area contributed by atoms with Crippen LogP contribution < -0.4 is 0 Å². The monoisotopic (exact) mass is 302 g/mol. The Labute approximate surface area is 125 Å². The van der Waals surface area contributed by atoms with Gasteiger partial charge in [0.1, 0.15) is 0 Å². The van der Waals surface area contributed by atoms with E-state index in [9.17, 15) is 0 Å². The molecule has 1 aromatic carbocycles. The number of rotatable bonds is 3. The first-order valence-electron chi connectivity index (χ1n) is 5.80. The van der Waals surface area contributed by atoms with Crippen molar-refractivity contribution in [3.63, 3.8) is 0 Å². The van der Waals surface area contributed by atoms with Crippen LogP contribution in [0.5, 0.6) is 0 Å². The summed E-state index contributed by atoms with van der Waals surface area (Å²) in [4.78, 5) is 2.16. The molecule has 106 valence electrons. The van der Waals surface area contributed by atoms with Crippen LogP contribution in [0.3, 0.4) is 0 Å². The van der Waals surface area contributed by atoms with Crippen LogP contribution in [-0.4, -0.2) is 31.2 Å². The zero-order chi connectivity index (χ0) is 13.4. The van der Waals surface area contributed by atoms with Crippen LogP contribution in [0.2, 0.25) is 0 Å². The van der Waals surface area contributed by atoms with Crippen LogP contribution in [0.15, 0.2) is 60.1 Å². The zero-order valence-corrected chi connectivity index (χ0v) is 12.6. The molecular weight excluding hydrogens is 282 g/mol. The second kappa shape index (κ2) is 9.56. The molecule has 0 saturated carbocycles. The quantitative estimate of drug-likeness (QED) is 0.529. The average Bonchev–Trinajstić information content (AvgIpc) is 2.99. The molecule has 1 aliphatic rings. The van der Waals surface area contributed by atoms with Crippen molar-refractivity contribution in [3.05, 3.63) is 65.7 Å². The molecule has 1 aromatic rings. The molecule has 0 bridgehead atoms. The van der Waals surface area contributed by atoms with Gasteiger partial charge in [0.2, 0.25) is 0 Å². The van der Waals surface area contributed by atoms with Gasteiger partial charge in [0.05, 0.1) is 12.7 Å². The third-order valence-corrected chi connectivity index (χ3v) is 2.33. The van der Waals surface area contributed by atoms with Gasteiger partial charge in [-0.15, -0.1) is 5.56 Å². The molecule has 2 rings (SSSR count). The first-order valence-corrected chi connectivity index (χ1v) is 5.80. The van der Waals surface area contributed by atoms with Crippen molar-refractivity contribution in [1.82, 2.24) is 4.90 Å². The van der Waals surface area contributed by atoms with Gasteiger partial charge in [-0.2, -0.15) is 12.1 Å². The summed E-state index contributed by atoms with van der Waals surface area (Å²) in [5.74, 6) is -0.0278. The molecule has 19 heavy (non-hydrogen) atoms. The smallest absolute Gasteiger partial charge is 0.283 e. The molecule has 0 radical (unpaired) electrons. The summed E-state index contributed by atoms with van der Waals surface area (Å²) in [6.45, 7) is 1.05. The minimum atomic E-state index is -0.0278. The molecule has 0 fully saturated rings. The van der Waals surface area contributed by atoms with E-state index in [2.05, 4.69) is 48.0 Å². The fourth-order valence-electron chi connectivity index (χ4n) is 1.52. The molecule has 1 N–H and O–H groups in total. The normalized spacial score (nSPS) is 11.9. The van der Waals surface area contributed by atoms with E-state index in [1.165, 1.54) is 12.7 Å². The first-order chi connectivity index (χ1) is 8.63. The zero-order valence-electron chi connectivity index (χ0n) is 11.5. The summed E-state index contributed by atoms with van der Waals surface area (Å²) in [5.41, 5.74) is 2.11. The van der Waals surface area contributed by atoms with Gasteiger partial charge < -0.3 is 14.7 Å². The summed E-state index contributed by atoms with van der Waals surface area (Å²) >= 11 is 0. The molecule has 0 saturated heterocycles. The second-order valence-corrected chi connectivity index (χ2v) is 4.21. The van der Waals surface area contributed by atoms with E-state index >= 15 is 0 Å². The maximum atomic E-state index is 8.91. The second-order valence-electron chi connectivity index (χ2n) is 4.21. The Morgan fingerprint density at radius 2 is 1.74 bits per heavy atom. The van der Waals surface area contributed by atoms with Crippen molar-refractivity contribution >= 4 is 0 Å². The number of hydrogen-bond donors (Lipinski definition) is 1. The van der Waals surface area contributed by atoms with E-state index in [1.54, 1.807) is 12.2 Å². The van der Waals surface area contributed by atoms with E-state index in [1.807, 2.05) is 12.2 Å². The number of aliphatic hydroxyl groups excluding tert-OH is 1. The van der Waals surface area contributed by atoms with Gasteiger partial charge >= 0.3 is 0 Å². The number of methoxy groups -OCH3 is 1. The third kappa shape index (κ3) is 6.97. The van der Waals surface area contributed by atoms with Gasteiger partial charge in [0.15, 0.2) is 0 Å². The summed E-state index contributed by atoms with van der Waals surface area (Å²) in [7, 11) is 5.59. The number of allylic oxidation sites excluding steroid dienone is 5. The molecule has 0 amide bonds. The molecular formula is C15H20FeNO2-. The Bertz CT molecular complexity index is 417. The van der Waals surface area contributed by atoms with Crippen molar-refractivity contribution in [3.8, 4) is 0 Å². The van der Waals surface area contributed by atoms with Crippen LogP contribution in [0, 0.1) is 0 Å². The van der Waals surface area contributed by atoms with Crippen LogP contribution in [0.4, 0.5) is 0 Å². The number of aliphatic hydroxyl groups is 1. The third-order valence-electron chi connectivity index (χ3n) is 2.33. The van der Waals surface area contributed by atoms with Gasteiger partial charge in [-0.05, 0) is 32.8 Å². The molecule has 0 aliphatic heterocycles. The van der Waals surface area contributed by atoms with Crippen LogP contribution in [0.25, 0.3) is 0 Å². The SMILES string of the molecule is CN(C)C[c-]1cccc1.COC(O)=C1C=CC=C1.[Fe]. The first kappa shape index (κ1) is 17.6. The standard InChI is InChI=1S/C8H12N.C7H8O2.Fe/c1-9(2)7-8-5-3-4-6-8;1-9-7(8)6-4-2-3-5-6;/h3-6H,7H2,1-2H3;2-5,8H,1H3;/q-1;;. The summed E-state index contributed by atoms with van der Waals surface area (Å²) in [5, 5.41) is 8.91. The van der Waals surface area contributed by atoms with Crippen LogP contribution in [-0.2, 0) is 28.4 Å². The van der Waals surface area contributed by atoms with Gasteiger partial charge in [0, 0.05) is 17.1 Å². The van der Waals surface area contributed by atoms with Crippen molar-refractivity contribution in [1.29, 1.82) is 0 Å². The maximum absolute atomic E-state index is 8.91. The van der Waals surface area contributed by atoms with E-state index < -0.39 is 0 Å². The molecule has 1 aliphatic carbocycles. The van der Waals surface area contributed by atoms with Gasteiger partial charge in [-0.3, -0.25) is 0 Å². The summed E-state index contributed by atoms with van der Waals surface area (Å²) in [6.07, 6.45) is 7.23. The fraction of sp³-hybridized carbons (Fsp3) is 0.267. The molecule has 0 aromatic heterocycles. The molecule has 0 unspecified atom stereocenters. The van der Waals surface area contributed by atoms with E-state index in [4.69, 9.17) is 5.11 Å². The van der Waals surface area contributed by atoms with E-state index in [0.29, 0.717) is 0 Å². The fourth-order valence-corrected chi connectivity index (χ4v) is 1.52. The predicted octanol–water partition coefficient (Wildman–Crippen LogP) is 2.99. The Morgan fingerprint density at radius 1 is 1.21 bits per heavy atom. The van der Waals surface area contributed by atoms with Gasteiger partial charge in [-0.25, -0.2) is 12.1 Å². The van der Waals surface area contributed by atoms with Crippen molar-refractivity contribution in [2.24, 2.45) is 0 Å². The predicted molar refractivity (Wildman–Crippen MR) is 74.4 cm³/mol. The van der Waals surface area contributed by atoms with E-state index in [0.717, 1.165) is 12.1 Å². The maximum Gasteiger partial charge on any atom is 0.283 e. The topological polar surface area (TPSA) is 32.7 Å². The molecule has 0 heterocycles. The molecule has 0 atom stereocenters. The van der Waals surface area contributed by atoms with Crippen LogP contribution >= 0.6 is 0 Å². The average molecular weight is 302 g/mol. The molecule has 3 nitrogen and oxygen atoms in total. The van der Waals surface area contributed by atoms with Crippen molar-refractivity contribution in [2.45, 2.75) is 6.54 Å². The molecule has 0 spiro atoms. The van der Waals surface area contributed by atoms with Gasteiger partial charge in [0.25, 0.3) is 5.95 Å². The molecule has 4 heteroatoms. The van der Waals surface area contributed by atoms with Crippen molar-refractivity contribution in [2.75, 3.05) is 21.2 Å². The van der Waals surface area contributed by atoms with Crippen LogP contribution in [0.1, 0.15) is 5.56 Å². The summed E-state index contributed by atoms with van der Waals surface area (Å²) in [6, 6.07) is 8.41. The van der Waals surface area contributed by atoms with Crippen molar-refractivity contribution < 1.29 is 26.9 Å².